The van der Waals surface area contributed by atoms with Gasteiger partial charge in [-0.2, -0.15) is 4.98 Å². The second-order valence-electron chi connectivity index (χ2n) is 6.11. The van der Waals surface area contributed by atoms with Crippen molar-refractivity contribution in [1.29, 1.82) is 0 Å². The Morgan fingerprint density at radius 1 is 1.04 bits per heavy atom. The highest BCUT2D eigenvalue weighted by atomic mass is 32.2. The number of rotatable bonds is 5. The van der Waals surface area contributed by atoms with Crippen molar-refractivity contribution in [2.75, 3.05) is 4.72 Å². The zero-order valence-corrected chi connectivity index (χ0v) is 15.2. The fraction of sp³-hybridized carbons (Fsp3) is 0.222. The monoisotopic (exact) mass is 356 g/mol. The van der Waals surface area contributed by atoms with Crippen molar-refractivity contribution < 1.29 is 8.42 Å². The lowest BCUT2D eigenvalue weighted by atomic mass is 10.1. The van der Waals surface area contributed by atoms with E-state index < -0.39 is 10.0 Å². The summed E-state index contributed by atoms with van der Waals surface area (Å²) in [5, 5.41) is 4.20. The van der Waals surface area contributed by atoms with Crippen LogP contribution >= 0.6 is 0 Å². The minimum absolute atomic E-state index is 0.0610. The minimum Gasteiger partial charge on any atom is -0.246 e. The first-order valence-electron chi connectivity index (χ1n) is 7.88. The van der Waals surface area contributed by atoms with Gasteiger partial charge < -0.3 is 0 Å². The molecule has 3 aromatic rings. The summed E-state index contributed by atoms with van der Waals surface area (Å²) in [4.78, 5) is 4.25. The van der Waals surface area contributed by atoms with E-state index in [1.807, 2.05) is 39.0 Å². The number of benzene rings is 2. The summed E-state index contributed by atoms with van der Waals surface area (Å²) in [5.74, 6) is 0.0610. The molecule has 0 aliphatic carbocycles. The van der Waals surface area contributed by atoms with Gasteiger partial charge in [-0.05, 0) is 49.6 Å². The maximum atomic E-state index is 12.5. The van der Waals surface area contributed by atoms with Crippen LogP contribution in [0.4, 0.5) is 5.95 Å². The molecule has 1 aromatic heterocycles. The van der Waals surface area contributed by atoms with E-state index in [0.717, 1.165) is 22.3 Å². The molecule has 3 rings (SSSR count). The van der Waals surface area contributed by atoms with Crippen LogP contribution in [0.5, 0.6) is 0 Å². The predicted molar refractivity (Wildman–Crippen MR) is 97.0 cm³/mol. The second-order valence-corrected chi connectivity index (χ2v) is 7.79. The highest BCUT2D eigenvalue weighted by Gasteiger charge is 2.17. The number of anilines is 1. The topological polar surface area (TPSA) is 76.9 Å². The average molecular weight is 356 g/mol. The zero-order valence-electron chi connectivity index (χ0n) is 14.4. The fourth-order valence-electron chi connectivity index (χ4n) is 2.48. The summed E-state index contributed by atoms with van der Waals surface area (Å²) >= 11 is 0. The standard InChI is InChI=1S/C18H20N4O2S/c1-13-5-4-6-16(9-13)11-22-12-19-18(20-22)21-25(23,24)17-8-7-14(2)15(3)10-17/h4-10,12H,11H2,1-3H3,(H,20,21). The molecule has 0 bridgehead atoms. The Kier molecular flexibility index (Phi) is 4.59. The van der Waals surface area contributed by atoms with Gasteiger partial charge in [-0.1, -0.05) is 35.9 Å². The van der Waals surface area contributed by atoms with Crippen molar-refractivity contribution in [1.82, 2.24) is 14.8 Å². The normalized spacial score (nSPS) is 11.5. The number of hydrogen-bond donors (Lipinski definition) is 1. The van der Waals surface area contributed by atoms with Crippen molar-refractivity contribution in [3.63, 3.8) is 0 Å². The summed E-state index contributed by atoms with van der Waals surface area (Å²) in [6.07, 6.45) is 1.51. The van der Waals surface area contributed by atoms with Gasteiger partial charge in [0.25, 0.3) is 16.0 Å². The maximum absolute atomic E-state index is 12.5. The molecule has 1 heterocycles. The first-order chi connectivity index (χ1) is 11.8. The Balaban J connectivity index is 1.77. The number of sulfonamides is 1. The lowest BCUT2D eigenvalue weighted by molar-refractivity contribution is 0.600. The Bertz CT molecular complexity index is 1010. The highest BCUT2D eigenvalue weighted by Crippen LogP contribution is 2.17. The van der Waals surface area contributed by atoms with E-state index in [1.54, 1.807) is 22.9 Å². The summed E-state index contributed by atoms with van der Waals surface area (Å²) in [7, 11) is -3.71. The van der Waals surface area contributed by atoms with Crippen LogP contribution in [0.1, 0.15) is 22.3 Å². The van der Waals surface area contributed by atoms with Crippen LogP contribution in [0, 0.1) is 20.8 Å². The van der Waals surface area contributed by atoms with E-state index in [4.69, 9.17) is 0 Å². The van der Waals surface area contributed by atoms with E-state index in [-0.39, 0.29) is 10.8 Å². The Labute approximate surface area is 147 Å². The van der Waals surface area contributed by atoms with Crippen LogP contribution in [-0.2, 0) is 16.6 Å². The molecule has 0 radical (unpaired) electrons. The number of nitrogens with one attached hydrogen (secondary N) is 1. The van der Waals surface area contributed by atoms with Crippen LogP contribution in [-0.4, -0.2) is 23.2 Å². The summed E-state index contributed by atoms with van der Waals surface area (Å²) in [6.45, 7) is 6.37. The molecule has 0 aliphatic heterocycles. The Morgan fingerprint density at radius 3 is 2.56 bits per heavy atom. The third kappa shape index (κ3) is 4.06. The Hall–Kier alpha value is -2.67. The highest BCUT2D eigenvalue weighted by molar-refractivity contribution is 7.92. The molecule has 25 heavy (non-hydrogen) atoms. The van der Waals surface area contributed by atoms with Gasteiger partial charge in [-0.25, -0.2) is 17.8 Å². The fourth-order valence-corrected chi connectivity index (χ4v) is 3.51. The second kappa shape index (κ2) is 6.68. The van der Waals surface area contributed by atoms with Gasteiger partial charge in [0.1, 0.15) is 6.33 Å². The zero-order chi connectivity index (χ0) is 18.0. The van der Waals surface area contributed by atoms with Crippen LogP contribution in [0.3, 0.4) is 0 Å². The van der Waals surface area contributed by atoms with Crippen molar-refractivity contribution in [3.05, 3.63) is 71.0 Å². The first-order valence-corrected chi connectivity index (χ1v) is 9.37. The van der Waals surface area contributed by atoms with E-state index in [0.29, 0.717) is 6.54 Å². The van der Waals surface area contributed by atoms with E-state index in [2.05, 4.69) is 20.9 Å². The summed E-state index contributed by atoms with van der Waals surface area (Å²) in [5.41, 5.74) is 4.20. The van der Waals surface area contributed by atoms with E-state index in [1.165, 1.54) is 6.33 Å². The van der Waals surface area contributed by atoms with E-state index in [9.17, 15) is 8.42 Å². The molecular formula is C18H20N4O2S. The molecule has 0 unspecified atom stereocenters. The van der Waals surface area contributed by atoms with Gasteiger partial charge in [-0.15, -0.1) is 5.10 Å². The maximum Gasteiger partial charge on any atom is 0.264 e. The van der Waals surface area contributed by atoms with Crippen molar-refractivity contribution in [3.8, 4) is 0 Å². The van der Waals surface area contributed by atoms with Gasteiger partial charge in [0.15, 0.2) is 0 Å². The summed E-state index contributed by atoms with van der Waals surface area (Å²) in [6, 6.07) is 13.1. The van der Waals surface area contributed by atoms with Gasteiger partial charge in [-0.3, -0.25) is 0 Å². The smallest absolute Gasteiger partial charge is 0.246 e. The average Bonchev–Trinajstić information content (AvgIpc) is 2.96. The van der Waals surface area contributed by atoms with Crippen molar-refractivity contribution in [2.45, 2.75) is 32.2 Å². The molecule has 7 heteroatoms. The van der Waals surface area contributed by atoms with Crippen LogP contribution in [0.25, 0.3) is 0 Å². The molecule has 0 atom stereocenters. The van der Waals surface area contributed by atoms with Crippen molar-refractivity contribution >= 4 is 16.0 Å². The molecule has 0 saturated heterocycles. The molecule has 0 spiro atoms. The van der Waals surface area contributed by atoms with Gasteiger partial charge in [0, 0.05) is 0 Å². The molecule has 0 saturated carbocycles. The SMILES string of the molecule is Cc1cccc(Cn2cnc(NS(=O)(=O)c3ccc(C)c(C)c3)n2)c1. The molecular weight excluding hydrogens is 336 g/mol. The third-order valence-electron chi connectivity index (χ3n) is 3.98. The molecule has 0 fully saturated rings. The predicted octanol–water partition coefficient (Wildman–Crippen LogP) is 3.05. The molecule has 2 aromatic carbocycles. The number of nitrogens with zero attached hydrogens (tertiary/aromatic N) is 3. The van der Waals surface area contributed by atoms with Crippen LogP contribution < -0.4 is 4.72 Å². The quantitative estimate of drug-likeness (QED) is 0.762. The molecule has 1 N–H and O–H groups in total. The Morgan fingerprint density at radius 2 is 1.84 bits per heavy atom. The summed E-state index contributed by atoms with van der Waals surface area (Å²) < 4.78 is 29.0. The number of aryl methyl sites for hydroxylation is 3. The van der Waals surface area contributed by atoms with Gasteiger partial charge >= 0.3 is 0 Å². The van der Waals surface area contributed by atoms with E-state index >= 15 is 0 Å². The minimum atomic E-state index is -3.71. The van der Waals surface area contributed by atoms with Crippen LogP contribution in [0.2, 0.25) is 0 Å². The number of hydrogen-bond acceptors (Lipinski definition) is 4. The molecule has 0 amide bonds. The van der Waals surface area contributed by atoms with Gasteiger partial charge in [0.2, 0.25) is 0 Å². The lowest BCUT2D eigenvalue weighted by Gasteiger charge is -2.07. The first kappa shape index (κ1) is 17.2. The largest absolute Gasteiger partial charge is 0.264 e. The van der Waals surface area contributed by atoms with Gasteiger partial charge in [0.05, 0.1) is 11.4 Å². The molecule has 130 valence electrons. The number of aromatic nitrogens is 3. The lowest BCUT2D eigenvalue weighted by Crippen LogP contribution is -2.14. The molecule has 6 nitrogen and oxygen atoms in total. The third-order valence-corrected chi connectivity index (χ3v) is 5.30. The molecule has 0 aliphatic rings. The van der Waals surface area contributed by atoms with Crippen molar-refractivity contribution in [2.24, 2.45) is 0 Å². The van der Waals surface area contributed by atoms with Crippen LogP contribution in [0.15, 0.2) is 53.7 Å².